The van der Waals surface area contributed by atoms with Crippen molar-refractivity contribution in [3.05, 3.63) is 22.4 Å². The van der Waals surface area contributed by atoms with Crippen LogP contribution in [0.1, 0.15) is 37.0 Å². The third-order valence-corrected chi connectivity index (χ3v) is 5.43. The largest absolute Gasteiger partial charge is 0.373 e. The van der Waals surface area contributed by atoms with Gasteiger partial charge in [0, 0.05) is 10.9 Å². The maximum Gasteiger partial charge on any atom is 0.318 e. The van der Waals surface area contributed by atoms with E-state index in [2.05, 4.69) is 16.8 Å². The lowest BCUT2D eigenvalue weighted by Gasteiger charge is -2.27. The minimum Gasteiger partial charge on any atom is -0.373 e. The molecule has 2 saturated heterocycles. The van der Waals surface area contributed by atoms with E-state index in [4.69, 9.17) is 4.74 Å². The molecule has 4 rings (SSSR count). The van der Waals surface area contributed by atoms with E-state index in [0.717, 1.165) is 32.2 Å². The maximum absolute atomic E-state index is 12.5. The number of carbonyl (C=O) groups excluding carboxylic acids is 1. The van der Waals surface area contributed by atoms with Gasteiger partial charge in [0.25, 0.3) is 0 Å². The molecule has 1 N–H and O–H groups in total. The molecule has 0 radical (unpaired) electrons. The Bertz CT molecular complexity index is 486. The number of thiophene rings is 1. The second-order valence-corrected chi connectivity index (χ2v) is 7.14. The van der Waals surface area contributed by atoms with E-state index in [9.17, 15) is 4.79 Å². The normalized spacial score (nSPS) is 31.5. The van der Waals surface area contributed by atoms with Gasteiger partial charge in [0.05, 0.1) is 24.8 Å². The van der Waals surface area contributed by atoms with Gasteiger partial charge in [-0.25, -0.2) is 4.79 Å². The number of ether oxygens (including phenoxy) is 1. The predicted molar refractivity (Wildman–Crippen MR) is 77.7 cm³/mol. The molecule has 108 valence electrons. The highest BCUT2D eigenvalue weighted by Gasteiger charge is 2.43. The van der Waals surface area contributed by atoms with E-state index in [0.29, 0.717) is 12.1 Å². The molecule has 1 saturated carbocycles. The first-order chi connectivity index (χ1) is 9.79. The molecule has 1 aromatic rings. The van der Waals surface area contributed by atoms with Crippen molar-refractivity contribution in [2.45, 2.75) is 62.9 Å². The van der Waals surface area contributed by atoms with Gasteiger partial charge in [-0.1, -0.05) is 6.07 Å². The van der Waals surface area contributed by atoms with Gasteiger partial charge in [0.15, 0.2) is 0 Å². The van der Waals surface area contributed by atoms with Gasteiger partial charge in [0.1, 0.15) is 0 Å². The molecule has 2 bridgehead atoms. The number of nitrogens with zero attached hydrogens (tertiary/aromatic N) is 1. The number of urea groups is 1. The molecule has 1 aromatic heterocycles. The van der Waals surface area contributed by atoms with Crippen molar-refractivity contribution in [2.24, 2.45) is 0 Å². The van der Waals surface area contributed by atoms with Crippen LogP contribution in [0.3, 0.4) is 0 Å². The lowest BCUT2D eigenvalue weighted by Crippen LogP contribution is -2.48. The van der Waals surface area contributed by atoms with Crippen LogP contribution in [0.4, 0.5) is 4.79 Å². The second-order valence-electron chi connectivity index (χ2n) is 6.10. The Kier molecular flexibility index (Phi) is 3.19. The summed E-state index contributed by atoms with van der Waals surface area (Å²) < 4.78 is 5.82. The fourth-order valence-electron chi connectivity index (χ4n) is 3.35. The Balaban J connectivity index is 1.40. The van der Waals surface area contributed by atoms with Crippen molar-refractivity contribution in [1.82, 2.24) is 10.2 Å². The summed E-state index contributed by atoms with van der Waals surface area (Å²) in [6.45, 7) is 0.746. The predicted octanol–water partition coefficient (Wildman–Crippen LogP) is 2.74. The lowest BCUT2D eigenvalue weighted by atomic mass is 9.96. The topological polar surface area (TPSA) is 41.6 Å². The van der Waals surface area contributed by atoms with Gasteiger partial charge in [-0.05, 0) is 43.6 Å². The molecule has 2 amide bonds. The van der Waals surface area contributed by atoms with Crippen LogP contribution < -0.4 is 5.32 Å². The molecule has 3 fully saturated rings. The monoisotopic (exact) mass is 292 g/mol. The summed E-state index contributed by atoms with van der Waals surface area (Å²) in [7, 11) is 0. The molecule has 2 aliphatic heterocycles. The van der Waals surface area contributed by atoms with Crippen LogP contribution in [0.2, 0.25) is 0 Å². The van der Waals surface area contributed by atoms with E-state index in [1.54, 1.807) is 11.3 Å². The quantitative estimate of drug-likeness (QED) is 0.927. The standard InChI is InChI=1S/C15H20N2O2S/c18-15(16-13-8-11-5-6-14(13)19-11)17(10-3-4-10)9-12-2-1-7-20-12/h1-2,7,10-11,13-14H,3-6,8-9H2,(H,16,18)/t11-,13-,14-/m1/s1. The zero-order chi connectivity index (χ0) is 13.5. The van der Waals surface area contributed by atoms with Crippen LogP contribution in [-0.4, -0.2) is 35.2 Å². The van der Waals surface area contributed by atoms with Gasteiger partial charge in [-0.2, -0.15) is 0 Å². The summed E-state index contributed by atoms with van der Waals surface area (Å²) in [5, 5.41) is 5.28. The molecule has 0 unspecified atom stereocenters. The number of fused-ring (bicyclic) bond motifs is 2. The van der Waals surface area contributed by atoms with Crippen molar-refractivity contribution in [2.75, 3.05) is 0 Å². The summed E-state index contributed by atoms with van der Waals surface area (Å²) in [5.41, 5.74) is 0. The van der Waals surface area contributed by atoms with Crippen LogP contribution in [0.25, 0.3) is 0 Å². The highest BCUT2D eigenvalue weighted by atomic mass is 32.1. The van der Waals surface area contributed by atoms with E-state index >= 15 is 0 Å². The average Bonchev–Trinajstić information content (AvgIpc) is 2.89. The smallest absolute Gasteiger partial charge is 0.318 e. The fourth-order valence-corrected chi connectivity index (χ4v) is 4.06. The zero-order valence-corrected chi connectivity index (χ0v) is 12.3. The SMILES string of the molecule is O=C(N[C@@H]1C[C@H]2CC[C@H]1O2)N(Cc1cccs1)C1CC1. The number of rotatable bonds is 4. The van der Waals surface area contributed by atoms with Gasteiger partial charge >= 0.3 is 6.03 Å². The van der Waals surface area contributed by atoms with E-state index in [1.165, 1.54) is 11.3 Å². The number of carbonyl (C=O) groups is 1. The fraction of sp³-hybridized carbons (Fsp3) is 0.667. The first-order valence-electron chi connectivity index (χ1n) is 7.54. The Morgan fingerprint density at radius 2 is 2.30 bits per heavy atom. The van der Waals surface area contributed by atoms with Crippen LogP contribution in [0.15, 0.2) is 17.5 Å². The van der Waals surface area contributed by atoms with Gasteiger partial charge in [0.2, 0.25) is 0 Å². The molecule has 5 heteroatoms. The first kappa shape index (κ1) is 12.7. The van der Waals surface area contributed by atoms with E-state index < -0.39 is 0 Å². The number of hydrogen-bond acceptors (Lipinski definition) is 3. The van der Waals surface area contributed by atoms with Crippen molar-refractivity contribution in [3.8, 4) is 0 Å². The molecule has 3 aliphatic rings. The zero-order valence-electron chi connectivity index (χ0n) is 11.5. The highest BCUT2D eigenvalue weighted by Crippen LogP contribution is 2.35. The van der Waals surface area contributed by atoms with Crippen LogP contribution in [0.5, 0.6) is 0 Å². The van der Waals surface area contributed by atoms with Crippen molar-refractivity contribution in [3.63, 3.8) is 0 Å². The van der Waals surface area contributed by atoms with Gasteiger partial charge < -0.3 is 15.0 Å². The third-order valence-electron chi connectivity index (χ3n) is 4.57. The molecule has 0 aromatic carbocycles. The number of nitrogens with one attached hydrogen (secondary N) is 1. The summed E-state index contributed by atoms with van der Waals surface area (Å²) >= 11 is 1.72. The molecule has 20 heavy (non-hydrogen) atoms. The van der Waals surface area contributed by atoms with Crippen molar-refractivity contribution >= 4 is 17.4 Å². The first-order valence-corrected chi connectivity index (χ1v) is 8.42. The van der Waals surface area contributed by atoms with Crippen LogP contribution >= 0.6 is 11.3 Å². The van der Waals surface area contributed by atoms with Gasteiger partial charge in [-0.3, -0.25) is 0 Å². The highest BCUT2D eigenvalue weighted by molar-refractivity contribution is 7.09. The molecule has 4 nitrogen and oxygen atoms in total. The Labute approximate surface area is 123 Å². The van der Waals surface area contributed by atoms with E-state index in [-0.39, 0.29) is 18.2 Å². The Hall–Kier alpha value is -1.07. The lowest BCUT2D eigenvalue weighted by molar-refractivity contribution is 0.0968. The minimum atomic E-state index is 0.0991. The summed E-state index contributed by atoms with van der Waals surface area (Å²) in [4.78, 5) is 15.8. The molecule has 1 aliphatic carbocycles. The second kappa shape index (κ2) is 5.04. The van der Waals surface area contributed by atoms with Crippen LogP contribution in [0, 0.1) is 0 Å². The summed E-state index contributed by atoms with van der Waals surface area (Å²) in [5.74, 6) is 0. The molecular formula is C15H20N2O2S. The molecule has 3 atom stereocenters. The maximum atomic E-state index is 12.5. The van der Waals surface area contributed by atoms with E-state index in [1.807, 2.05) is 11.0 Å². The van der Waals surface area contributed by atoms with Gasteiger partial charge in [-0.15, -0.1) is 11.3 Å². The summed E-state index contributed by atoms with van der Waals surface area (Å²) in [6.07, 6.45) is 6.19. The number of hydrogen-bond donors (Lipinski definition) is 1. The molecular weight excluding hydrogens is 272 g/mol. The third kappa shape index (κ3) is 2.44. The van der Waals surface area contributed by atoms with Crippen molar-refractivity contribution < 1.29 is 9.53 Å². The number of amides is 2. The van der Waals surface area contributed by atoms with Crippen LogP contribution in [-0.2, 0) is 11.3 Å². The molecule has 3 heterocycles. The Morgan fingerprint density at radius 3 is 2.90 bits per heavy atom. The average molecular weight is 292 g/mol. The minimum absolute atomic E-state index is 0.0991. The molecule has 0 spiro atoms. The van der Waals surface area contributed by atoms with Crippen molar-refractivity contribution in [1.29, 1.82) is 0 Å². The summed E-state index contributed by atoms with van der Waals surface area (Å²) in [6, 6.07) is 4.92. The Morgan fingerprint density at radius 1 is 1.40 bits per heavy atom.